The molecule has 150 valence electrons. The number of rotatable bonds is 8. The van der Waals surface area contributed by atoms with Crippen LogP contribution < -0.4 is 10.1 Å². The molecule has 0 aliphatic carbocycles. The maximum atomic E-state index is 12.1. The molecule has 0 spiro atoms. The summed E-state index contributed by atoms with van der Waals surface area (Å²) in [4.78, 5) is 39.2. The van der Waals surface area contributed by atoms with E-state index in [2.05, 4.69) is 5.32 Å². The molecule has 0 unspecified atom stereocenters. The van der Waals surface area contributed by atoms with E-state index in [0.717, 1.165) is 16.9 Å². The molecule has 0 aliphatic rings. The lowest BCUT2D eigenvalue weighted by Crippen LogP contribution is -2.37. The van der Waals surface area contributed by atoms with Crippen LogP contribution in [-0.2, 0) is 20.7 Å². The van der Waals surface area contributed by atoms with Crippen LogP contribution in [0.15, 0.2) is 30.3 Å². The number of benzene rings is 1. The second-order valence-corrected chi connectivity index (χ2v) is 7.31. The van der Waals surface area contributed by atoms with Crippen LogP contribution in [0.3, 0.4) is 0 Å². The Kier molecular flexibility index (Phi) is 7.57. The lowest BCUT2D eigenvalue weighted by molar-refractivity contribution is -0.136. The van der Waals surface area contributed by atoms with Gasteiger partial charge in [0, 0.05) is 23.7 Å². The van der Waals surface area contributed by atoms with Crippen molar-refractivity contribution in [1.29, 1.82) is 0 Å². The molecule has 2 aromatic rings. The molecule has 0 bridgehead atoms. The summed E-state index contributed by atoms with van der Waals surface area (Å²) in [5.74, 6) is -0.741. The first-order valence-corrected chi connectivity index (χ1v) is 9.60. The highest BCUT2D eigenvalue weighted by molar-refractivity contribution is 7.14. The molecule has 0 aliphatic heterocycles. The van der Waals surface area contributed by atoms with E-state index < -0.39 is 18.5 Å². The summed E-state index contributed by atoms with van der Waals surface area (Å²) in [6.45, 7) is 3.38. The molecular formula is C20H24N2O5S. The molecule has 0 saturated carbocycles. The number of carbonyl (C=O) groups is 3. The van der Waals surface area contributed by atoms with Gasteiger partial charge in [-0.15, -0.1) is 11.3 Å². The number of thiophene rings is 1. The fraction of sp³-hybridized carbons (Fsp3) is 0.350. The van der Waals surface area contributed by atoms with Gasteiger partial charge in [0.1, 0.15) is 10.6 Å². The monoisotopic (exact) mass is 404 g/mol. The third-order valence-corrected chi connectivity index (χ3v) is 5.39. The lowest BCUT2D eigenvalue weighted by atomic mass is 10.2. The minimum absolute atomic E-state index is 0.161. The van der Waals surface area contributed by atoms with Crippen molar-refractivity contribution >= 4 is 34.8 Å². The summed E-state index contributed by atoms with van der Waals surface area (Å²) < 4.78 is 10.2. The Labute approximate surface area is 168 Å². The fourth-order valence-corrected chi connectivity index (χ4v) is 3.49. The Morgan fingerprint density at radius 1 is 1.21 bits per heavy atom. The highest BCUT2D eigenvalue weighted by Gasteiger charge is 2.18. The number of aryl methyl sites for hydroxylation is 2. The molecule has 28 heavy (non-hydrogen) atoms. The van der Waals surface area contributed by atoms with Crippen LogP contribution in [0, 0.1) is 6.92 Å². The molecule has 8 heteroatoms. The molecule has 1 heterocycles. The Balaban J connectivity index is 1.82. The van der Waals surface area contributed by atoms with E-state index in [9.17, 15) is 14.4 Å². The molecule has 0 fully saturated rings. The quantitative estimate of drug-likeness (QED) is 0.684. The zero-order chi connectivity index (χ0) is 20.7. The van der Waals surface area contributed by atoms with Gasteiger partial charge in [-0.2, -0.15) is 0 Å². The zero-order valence-electron chi connectivity index (χ0n) is 16.4. The minimum Gasteiger partial charge on any atom is -0.497 e. The van der Waals surface area contributed by atoms with Crippen molar-refractivity contribution in [2.75, 3.05) is 32.6 Å². The molecule has 0 radical (unpaired) electrons. The van der Waals surface area contributed by atoms with E-state index >= 15 is 0 Å². The highest BCUT2D eigenvalue weighted by Crippen LogP contribution is 2.23. The normalized spacial score (nSPS) is 10.3. The third-order valence-electron chi connectivity index (χ3n) is 4.03. The Hall–Kier alpha value is -2.87. The SMILES string of the molecule is CCc1sc(C(=O)OCC(=O)N(C)CC(=O)Nc2cccc(OC)c2)cc1C. The summed E-state index contributed by atoms with van der Waals surface area (Å²) in [6.07, 6.45) is 0.841. The van der Waals surface area contributed by atoms with Gasteiger partial charge in [-0.1, -0.05) is 13.0 Å². The summed E-state index contributed by atoms with van der Waals surface area (Å²) >= 11 is 1.37. The molecule has 2 rings (SSSR count). The van der Waals surface area contributed by atoms with Crippen LogP contribution in [0.4, 0.5) is 5.69 Å². The first-order chi connectivity index (χ1) is 13.3. The number of anilines is 1. The number of amides is 2. The maximum absolute atomic E-state index is 12.1. The maximum Gasteiger partial charge on any atom is 0.348 e. The van der Waals surface area contributed by atoms with Crippen molar-refractivity contribution in [3.63, 3.8) is 0 Å². The minimum atomic E-state index is -0.532. The Morgan fingerprint density at radius 3 is 2.61 bits per heavy atom. The van der Waals surface area contributed by atoms with Gasteiger partial charge < -0.3 is 19.7 Å². The number of likely N-dealkylation sites (N-methyl/N-ethyl adjacent to an activating group) is 1. The number of hydrogen-bond acceptors (Lipinski definition) is 6. The number of methoxy groups -OCH3 is 1. The molecule has 2 amide bonds. The van der Waals surface area contributed by atoms with Gasteiger partial charge >= 0.3 is 5.97 Å². The molecule has 1 aromatic heterocycles. The largest absolute Gasteiger partial charge is 0.497 e. The topological polar surface area (TPSA) is 84.9 Å². The molecule has 0 atom stereocenters. The van der Waals surface area contributed by atoms with E-state index in [0.29, 0.717) is 16.3 Å². The summed E-state index contributed by atoms with van der Waals surface area (Å²) in [5, 5.41) is 2.69. The third kappa shape index (κ3) is 5.82. The van der Waals surface area contributed by atoms with Crippen LogP contribution in [0.5, 0.6) is 5.75 Å². The van der Waals surface area contributed by atoms with Gasteiger partial charge in [0.15, 0.2) is 6.61 Å². The van der Waals surface area contributed by atoms with E-state index in [1.54, 1.807) is 30.3 Å². The molecule has 1 N–H and O–H groups in total. The molecule has 0 saturated heterocycles. The first-order valence-electron chi connectivity index (χ1n) is 8.78. The number of carbonyl (C=O) groups excluding carboxylic acids is 3. The summed E-state index contributed by atoms with van der Waals surface area (Å²) in [5.41, 5.74) is 1.61. The fourth-order valence-electron chi connectivity index (χ4n) is 2.48. The zero-order valence-corrected chi connectivity index (χ0v) is 17.2. The van der Waals surface area contributed by atoms with Crippen molar-refractivity contribution in [2.45, 2.75) is 20.3 Å². The van der Waals surface area contributed by atoms with E-state index in [1.165, 1.54) is 30.4 Å². The van der Waals surface area contributed by atoms with Crippen LogP contribution in [0.25, 0.3) is 0 Å². The smallest absolute Gasteiger partial charge is 0.348 e. The summed E-state index contributed by atoms with van der Waals surface area (Å²) in [7, 11) is 3.01. The van der Waals surface area contributed by atoms with Crippen molar-refractivity contribution < 1.29 is 23.9 Å². The predicted molar refractivity (Wildman–Crippen MR) is 108 cm³/mol. The number of ether oxygens (including phenoxy) is 2. The van der Waals surface area contributed by atoms with Gasteiger partial charge in [-0.3, -0.25) is 9.59 Å². The molecule has 7 nitrogen and oxygen atoms in total. The molecular weight excluding hydrogens is 380 g/mol. The van der Waals surface area contributed by atoms with Crippen LogP contribution in [0.1, 0.15) is 27.0 Å². The standard InChI is InChI=1S/C20H24N2O5S/c1-5-16-13(2)9-17(28-16)20(25)27-12-19(24)22(3)11-18(23)21-14-7-6-8-15(10-14)26-4/h6-10H,5,11-12H2,1-4H3,(H,21,23). The molecule has 1 aromatic carbocycles. The van der Waals surface area contributed by atoms with Crippen molar-refractivity contribution in [2.24, 2.45) is 0 Å². The summed E-state index contributed by atoms with van der Waals surface area (Å²) in [6, 6.07) is 8.67. The first kappa shape index (κ1) is 21.4. The van der Waals surface area contributed by atoms with Gasteiger partial charge in [0.2, 0.25) is 5.91 Å². The second kappa shape index (κ2) is 9.89. The average molecular weight is 404 g/mol. The van der Waals surface area contributed by atoms with Gasteiger partial charge in [-0.05, 0) is 37.1 Å². The van der Waals surface area contributed by atoms with Gasteiger partial charge in [0.05, 0.1) is 13.7 Å². The number of hydrogen-bond donors (Lipinski definition) is 1. The van der Waals surface area contributed by atoms with Crippen LogP contribution in [-0.4, -0.2) is 50.0 Å². The number of nitrogens with one attached hydrogen (secondary N) is 1. The highest BCUT2D eigenvalue weighted by atomic mass is 32.1. The van der Waals surface area contributed by atoms with Crippen LogP contribution in [0.2, 0.25) is 0 Å². The van der Waals surface area contributed by atoms with E-state index in [1.807, 2.05) is 13.8 Å². The van der Waals surface area contributed by atoms with E-state index in [4.69, 9.17) is 9.47 Å². The predicted octanol–water partition coefficient (Wildman–Crippen LogP) is 2.88. The van der Waals surface area contributed by atoms with Gasteiger partial charge in [0.25, 0.3) is 5.91 Å². The van der Waals surface area contributed by atoms with Crippen molar-refractivity contribution in [3.8, 4) is 5.75 Å². The number of esters is 1. The average Bonchev–Trinajstić information content (AvgIpc) is 3.06. The lowest BCUT2D eigenvalue weighted by Gasteiger charge is -2.16. The van der Waals surface area contributed by atoms with Crippen molar-refractivity contribution in [1.82, 2.24) is 4.90 Å². The number of nitrogens with zero attached hydrogens (tertiary/aromatic N) is 1. The van der Waals surface area contributed by atoms with E-state index in [-0.39, 0.29) is 12.5 Å². The van der Waals surface area contributed by atoms with Crippen molar-refractivity contribution in [3.05, 3.63) is 45.6 Å². The second-order valence-electron chi connectivity index (χ2n) is 6.18. The Bertz CT molecular complexity index is 862. The van der Waals surface area contributed by atoms with Gasteiger partial charge in [-0.25, -0.2) is 4.79 Å². The van der Waals surface area contributed by atoms with Crippen LogP contribution >= 0.6 is 11.3 Å². The Morgan fingerprint density at radius 2 is 1.96 bits per heavy atom.